The summed E-state index contributed by atoms with van der Waals surface area (Å²) in [5, 5.41) is 3.58. The fraction of sp³-hybridized carbons (Fsp3) is 0.700. The minimum atomic E-state index is -4.40. The van der Waals surface area contributed by atoms with Gasteiger partial charge in [0.25, 0.3) is 0 Å². The molecule has 0 bridgehead atoms. The van der Waals surface area contributed by atoms with Crippen molar-refractivity contribution in [2.24, 2.45) is 7.05 Å². The number of nitrogens with zero attached hydrogens (tertiary/aromatic N) is 3. The van der Waals surface area contributed by atoms with Crippen molar-refractivity contribution < 1.29 is 13.2 Å². The summed E-state index contributed by atoms with van der Waals surface area (Å²) in [7, 11) is 3.53. The fourth-order valence-corrected chi connectivity index (χ4v) is 3.18. The van der Waals surface area contributed by atoms with Crippen molar-refractivity contribution in [2.45, 2.75) is 18.5 Å². The number of alkyl halides is 3. The van der Waals surface area contributed by atoms with E-state index in [0.717, 1.165) is 19.5 Å². The molecule has 1 unspecified atom stereocenters. The SMILES string of the molecule is CN1CCC(c2c(Br)c(C(F)(F)F)nn2C)C1. The zero-order valence-corrected chi connectivity index (χ0v) is 11.1. The Morgan fingerprint density at radius 1 is 1.35 bits per heavy atom. The van der Waals surface area contributed by atoms with Gasteiger partial charge in [-0.3, -0.25) is 4.68 Å². The third-order valence-electron chi connectivity index (χ3n) is 3.08. The van der Waals surface area contributed by atoms with E-state index < -0.39 is 11.9 Å². The van der Waals surface area contributed by atoms with Crippen LogP contribution in [-0.4, -0.2) is 34.8 Å². The summed E-state index contributed by atoms with van der Waals surface area (Å²) in [4.78, 5) is 2.11. The molecule has 0 saturated carbocycles. The Bertz CT molecular complexity index is 427. The minimum absolute atomic E-state index is 0.0906. The molecule has 0 N–H and O–H groups in total. The van der Waals surface area contributed by atoms with E-state index in [1.807, 2.05) is 7.05 Å². The molecule has 17 heavy (non-hydrogen) atoms. The summed E-state index contributed by atoms with van der Waals surface area (Å²) in [6.45, 7) is 1.68. The van der Waals surface area contributed by atoms with Crippen molar-refractivity contribution in [1.82, 2.24) is 14.7 Å². The van der Waals surface area contributed by atoms with Gasteiger partial charge in [-0.25, -0.2) is 0 Å². The molecule has 96 valence electrons. The molecular formula is C10H13BrF3N3. The Morgan fingerprint density at radius 3 is 2.41 bits per heavy atom. The van der Waals surface area contributed by atoms with Crippen molar-refractivity contribution in [1.29, 1.82) is 0 Å². The lowest BCUT2D eigenvalue weighted by molar-refractivity contribution is -0.142. The molecule has 2 rings (SSSR count). The third kappa shape index (κ3) is 2.35. The number of aryl methyl sites for hydroxylation is 1. The summed E-state index contributed by atoms with van der Waals surface area (Å²) in [5.74, 6) is 0.114. The molecule has 0 radical (unpaired) electrons. The number of likely N-dealkylation sites (tertiary alicyclic amines) is 1. The third-order valence-corrected chi connectivity index (χ3v) is 3.86. The van der Waals surface area contributed by atoms with Crippen LogP contribution in [0.1, 0.15) is 23.7 Å². The summed E-state index contributed by atoms with van der Waals surface area (Å²) < 4.78 is 39.5. The lowest BCUT2D eigenvalue weighted by atomic mass is 10.0. The van der Waals surface area contributed by atoms with Gasteiger partial charge >= 0.3 is 6.18 Å². The maximum Gasteiger partial charge on any atom is 0.436 e. The smallest absolute Gasteiger partial charge is 0.306 e. The summed E-state index contributed by atoms with van der Waals surface area (Å²) in [5.41, 5.74) is -0.189. The molecule has 7 heteroatoms. The molecule has 0 aliphatic carbocycles. The Labute approximate surface area is 106 Å². The second-order valence-electron chi connectivity index (χ2n) is 4.42. The van der Waals surface area contributed by atoms with Crippen molar-refractivity contribution in [3.05, 3.63) is 15.9 Å². The number of halogens is 4. The van der Waals surface area contributed by atoms with Gasteiger partial charge in [-0.05, 0) is 35.9 Å². The quantitative estimate of drug-likeness (QED) is 0.795. The van der Waals surface area contributed by atoms with Crippen LogP contribution in [0.2, 0.25) is 0 Å². The van der Waals surface area contributed by atoms with Gasteiger partial charge in [-0.2, -0.15) is 18.3 Å². The first-order valence-corrected chi connectivity index (χ1v) is 6.08. The fourth-order valence-electron chi connectivity index (χ4n) is 2.29. The van der Waals surface area contributed by atoms with Crippen LogP contribution < -0.4 is 0 Å². The predicted molar refractivity (Wildman–Crippen MR) is 60.8 cm³/mol. The average molecular weight is 312 g/mol. The molecule has 1 saturated heterocycles. The van der Waals surface area contributed by atoms with Crippen molar-refractivity contribution in [2.75, 3.05) is 20.1 Å². The number of hydrogen-bond donors (Lipinski definition) is 0. The van der Waals surface area contributed by atoms with Gasteiger partial charge < -0.3 is 4.90 Å². The van der Waals surface area contributed by atoms with Crippen LogP contribution in [-0.2, 0) is 13.2 Å². The molecule has 2 heterocycles. The van der Waals surface area contributed by atoms with Crippen LogP contribution >= 0.6 is 15.9 Å². The van der Waals surface area contributed by atoms with Crippen molar-refractivity contribution in [3.63, 3.8) is 0 Å². The Kier molecular flexibility index (Phi) is 3.24. The molecular weight excluding hydrogens is 299 g/mol. The minimum Gasteiger partial charge on any atom is -0.306 e. The zero-order chi connectivity index (χ0) is 12.8. The highest BCUT2D eigenvalue weighted by molar-refractivity contribution is 9.10. The average Bonchev–Trinajstić information content (AvgIpc) is 2.70. The summed E-state index contributed by atoms with van der Waals surface area (Å²) in [6.07, 6.45) is -3.54. The molecule has 3 nitrogen and oxygen atoms in total. The van der Waals surface area contributed by atoms with Crippen LogP contribution in [0.25, 0.3) is 0 Å². The van der Waals surface area contributed by atoms with Crippen LogP contribution in [0.3, 0.4) is 0 Å². The van der Waals surface area contributed by atoms with E-state index >= 15 is 0 Å². The summed E-state index contributed by atoms with van der Waals surface area (Å²) in [6, 6.07) is 0. The lowest BCUT2D eigenvalue weighted by Crippen LogP contribution is -2.14. The van der Waals surface area contributed by atoms with Gasteiger partial charge in [0.05, 0.1) is 10.2 Å². The van der Waals surface area contributed by atoms with E-state index in [9.17, 15) is 13.2 Å². The van der Waals surface area contributed by atoms with Gasteiger partial charge in [-0.15, -0.1) is 0 Å². The first-order valence-electron chi connectivity index (χ1n) is 5.29. The molecule has 0 amide bonds. The molecule has 0 aromatic carbocycles. The Hall–Kier alpha value is -0.560. The standard InChI is InChI=1S/C10H13BrF3N3/c1-16-4-3-6(5-16)8-7(11)9(10(12,13)14)15-17(8)2/h6H,3-5H2,1-2H3. The molecule has 1 aliphatic heterocycles. The number of likely N-dealkylation sites (N-methyl/N-ethyl adjacent to an activating group) is 1. The van der Waals surface area contributed by atoms with Crippen LogP contribution in [0, 0.1) is 0 Å². The zero-order valence-electron chi connectivity index (χ0n) is 9.55. The monoisotopic (exact) mass is 311 g/mol. The highest BCUT2D eigenvalue weighted by Crippen LogP contribution is 2.39. The number of aromatic nitrogens is 2. The molecule has 1 aliphatic rings. The van der Waals surface area contributed by atoms with Gasteiger partial charge in [-0.1, -0.05) is 0 Å². The Morgan fingerprint density at radius 2 is 2.00 bits per heavy atom. The van der Waals surface area contributed by atoms with E-state index in [2.05, 4.69) is 25.9 Å². The van der Waals surface area contributed by atoms with Crippen molar-refractivity contribution in [3.8, 4) is 0 Å². The molecule has 0 spiro atoms. The maximum atomic E-state index is 12.7. The topological polar surface area (TPSA) is 21.1 Å². The predicted octanol–water partition coefficient (Wildman–Crippen LogP) is 2.62. The first-order chi connectivity index (χ1) is 7.80. The number of rotatable bonds is 1. The summed E-state index contributed by atoms with van der Waals surface area (Å²) >= 11 is 3.05. The van der Waals surface area contributed by atoms with E-state index in [1.165, 1.54) is 4.68 Å². The lowest BCUT2D eigenvalue weighted by Gasteiger charge is -2.11. The Balaban J connectivity index is 2.39. The highest BCUT2D eigenvalue weighted by atomic mass is 79.9. The molecule has 1 aromatic rings. The van der Waals surface area contributed by atoms with Crippen molar-refractivity contribution >= 4 is 15.9 Å². The largest absolute Gasteiger partial charge is 0.436 e. The van der Waals surface area contributed by atoms with Crippen LogP contribution in [0.4, 0.5) is 13.2 Å². The van der Waals surface area contributed by atoms with Gasteiger partial charge in [0.2, 0.25) is 0 Å². The highest BCUT2D eigenvalue weighted by Gasteiger charge is 2.40. The first kappa shape index (κ1) is 12.9. The van der Waals surface area contributed by atoms with E-state index in [0.29, 0.717) is 5.69 Å². The van der Waals surface area contributed by atoms with Gasteiger partial charge in [0.15, 0.2) is 5.69 Å². The maximum absolute atomic E-state index is 12.7. The normalized spacial score (nSPS) is 22.4. The van der Waals surface area contributed by atoms with E-state index in [1.54, 1.807) is 7.05 Å². The molecule has 1 fully saturated rings. The second kappa shape index (κ2) is 4.28. The van der Waals surface area contributed by atoms with E-state index in [-0.39, 0.29) is 10.4 Å². The van der Waals surface area contributed by atoms with Crippen LogP contribution in [0.15, 0.2) is 4.47 Å². The van der Waals surface area contributed by atoms with E-state index in [4.69, 9.17) is 0 Å². The molecule has 1 aromatic heterocycles. The second-order valence-corrected chi connectivity index (χ2v) is 5.21. The van der Waals surface area contributed by atoms with Gasteiger partial charge in [0, 0.05) is 19.5 Å². The van der Waals surface area contributed by atoms with Crippen LogP contribution in [0.5, 0.6) is 0 Å². The number of hydrogen-bond acceptors (Lipinski definition) is 2. The van der Waals surface area contributed by atoms with Gasteiger partial charge in [0.1, 0.15) is 0 Å². The molecule has 1 atom stereocenters.